The molecule has 0 fully saturated rings. The second-order valence-corrected chi connectivity index (χ2v) is 7.51. The number of carbonyl (C=O) groups is 1. The fourth-order valence-electron chi connectivity index (χ4n) is 2.36. The number of nitrogens with one attached hydrogen (secondary N) is 1. The first-order valence-corrected chi connectivity index (χ1v) is 9.33. The summed E-state index contributed by atoms with van der Waals surface area (Å²) in [6.07, 6.45) is 0. The van der Waals surface area contributed by atoms with Crippen molar-refractivity contribution in [3.63, 3.8) is 0 Å². The lowest BCUT2D eigenvalue weighted by atomic mass is 10.2. The zero-order chi connectivity index (χ0) is 18.4. The Kier molecular flexibility index (Phi) is 6.27. The zero-order valence-corrected chi connectivity index (χ0v) is 15.0. The third kappa shape index (κ3) is 5.37. The number of sulfonamides is 1. The van der Waals surface area contributed by atoms with Gasteiger partial charge in [0, 0.05) is 32.1 Å². The number of carbonyl (C=O) groups excluding carboxylic acids is 1. The van der Waals surface area contributed by atoms with E-state index in [1.807, 2.05) is 13.0 Å². The zero-order valence-electron chi connectivity index (χ0n) is 14.2. The number of nitrogens with zero attached hydrogens (tertiary/aromatic N) is 1. The summed E-state index contributed by atoms with van der Waals surface area (Å²) in [5, 5.41) is 0. The van der Waals surface area contributed by atoms with Crippen molar-refractivity contribution < 1.29 is 17.6 Å². The molecule has 0 atom stereocenters. The van der Waals surface area contributed by atoms with Crippen molar-refractivity contribution in [2.75, 3.05) is 13.1 Å². The van der Waals surface area contributed by atoms with Crippen LogP contribution in [0.1, 0.15) is 18.1 Å². The van der Waals surface area contributed by atoms with Gasteiger partial charge in [-0.1, -0.05) is 30.3 Å². The topological polar surface area (TPSA) is 66.5 Å². The third-order valence-corrected chi connectivity index (χ3v) is 5.20. The van der Waals surface area contributed by atoms with Gasteiger partial charge >= 0.3 is 0 Å². The van der Waals surface area contributed by atoms with Crippen LogP contribution in [0.15, 0.2) is 53.4 Å². The van der Waals surface area contributed by atoms with Crippen molar-refractivity contribution in [3.8, 4) is 0 Å². The van der Waals surface area contributed by atoms with Crippen molar-refractivity contribution in [1.29, 1.82) is 0 Å². The number of rotatable bonds is 7. The first kappa shape index (κ1) is 19.1. The molecule has 0 saturated carbocycles. The van der Waals surface area contributed by atoms with E-state index in [4.69, 9.17) is 0 Å². The highest BCUT2D eigenvalue weighted by atomic mass is 32.2. The van der Waals surface area contributed by atoms with Gasteiger partial charge in [-0.05, 0) is 30.7 Å². The Hall–Kier alpha value is -2.25. The van der Waals surface area contributed by atoms with E-state index in [1.54, 1.807) is 30.3 Å². The minimum absolute atomic E-state index is 0.0459. The molecule has 2 rings (SSSR count). The molecule has 134 valence electrons. The summed E-state index contributed by atoms with van der Waals surface area (Å²) in [6.45, 7) is 3.47. The minimum atomic E-state index is -3.65. The lowest BCUT2D eigenvalue weighted by molar-refractivity contribution is -0.129. The maximum Gasteiger partial charge on any atom is 0.240 e. The predicted molar refractivity (Wildman–Crippen MR) is 93.9 cm³/mol. The van der Waals surface area contributed by atoms with Gasteiger partial charge in [-0.3, -0.25) is 4.79 Å². The maximum atomic E-state index is 13.7. The lowest BCUT2D eigenvalue weighted by Crippen LogP contribution is -2.37. The molecule has 0 unspecified atom stereocenters. The van der Waals surface area contributed by atoms with Gasteiger partial charge in [-0.15, -0.1) is 0 Å². The average Bonchev–Trinajstić information content (AvgIpc) is 2.55. The molecular formula is C18H21FN2O3S. The number of aryl methyl sites for hydroxylation is 1. The van der Waals surface area contributed by atoms with E-state index in [0.29, 0.717) is 5.56 Å². The van der Waals surface area contributed by atoms with Gasteiger partial charge < -0.3 is 4.90 Å². The molecule has 0 aliphatic heterocycles. The average molecular weight is 364 g/mol. The summed E-state index contributed by atoms with van der Waals surface area (Å²) < 4.78 is 40.8. The highest BCUT2D eigenvalue weighted by Gasteiger charge is 2.16. The molecule has 2 aromatic rings. The van der Waals surface area contributed by atoms with Crippen LogP contribution in [-0.4, -0.2) is 32.3 Å². The van der Waals surface area contributed by atoms with Crippen LogP contribution in [0, 0.1) is 12.7 Å². The highest BCUT2D eigenvalue weighted by molar-refractivity contribution is 7.89. The number of benzene rings is 2. The standard InChI is InChI=1S/C18H21FN2O3S/c1-14-6-5-8-17(12-14)25(23,24)20-10-11-21(15(2)22)13-16-7-3-4-9-18(16)19/h3-9,12,20H,10-11,13H2,1-2H3. The molecule has 0 aliphatic rings. The molecule has 2 aromatic carbocycles. The van der Waals surface area contributed by atoms with E-state index < -0.39 is 15.8 Å². The predicted octanol–water partition coefficient (Wildman–Crippen LogP) is 2.46. The molecule has 25 heavy (non-hydrogen) atoms. The Labute approximate surface area is 147 Å². The largest absolute Gasteiger partial charge is 0.337 e. The smallest absolute Gasteiger partial charge is 0.240 e. The van der Waals surface area contributed by atoms with Crippen molar-refractivity contribution >= 4 is 15.9 Å². The second-order valence-electron chi connectivity index (χ2n) is 5.75. The van der Waals surface area contributed by atoms with Crippen LogP contribution >= 0.6 is 0 Å². The van der Waals surface area contributed by atoms with Crippen molar-refractivity contribution in [2.45, 2.75) is 25.3 Å². The number of hydrogen-bond donors (Lipinski definition) is 1. The Morgan fingerprint density at radius 1 is 1.16 bits per heavy atom. The van der Waals surface area contributed by atoms with E-state index in [-0.39, 0.29) is 30.4 Å². The quantitative estimate of drug-likeness (QED) is 0.821. The molecule has 0 spiro atoms. The molecule has 0 radical (unpaired) electrons. The van der Waals surface area contributed by atoms with Crippen molar-refractivity contribution in [1.82, 2.24) is 9.62 Å². The molecule has 0 saturated heterocycles. The summed E-state index contributed by atoms with van der Waals surface area (Å²) in [7, 11) is -3.65. The van der Waals surface area contributed by atoms with Gasteiger partial charge in [0.05, 0.1) is 4.90 Å². The second kappa shape index (κ2) is 8.22. The minimum Gasteiger partial charge on any atom is -0.337 e. The van der Waals surface area contributed by atoms with Gasteiger partial charge in [-0.25, -0.2) is 17.5 Å². The van der Waals surface area contributed by atoms with Gasteiger partial charge in [0.25, 0.3) is 0 Å². The summed E-state index contributed by atoms with van der Waals surface area (Å²) in [4.78, 5) is 13.3. The Bertz CT molecular complexity index is 853. The van der Waals surface area contributed by atoms with E-state index in [9.17, 15) is 17.6 Å². The van der Waals surface area contributed by atoms with Crippen LogP contribution in [-0.2, 0) is 21.4 Å². The molecular weight excluding hydrogens is 343 g/mol. The van der Waals surface area contributed by atoms with Crippen LogP contribution in [0.5, 0.6) is 0 Å². The van der Waals surface area contributed by atoms with E-state index >= 15 is 0 Å². The van der Waals surface area contributed by atoms with E-state index in [1.165, 1.54) is 24.0 Å². The van der Waals surface area contributed by atoms with Crippen molar-refractivity contribution in [2.24, 2.45) is 0 Å². The third-order valence-electron chi connectivity index (χ3n) is 3.74. The summed E-state index contributed by atoms with van der Waals surface area (Å²) >= 11 is 0. The van der Waals surface area contributed by atoms with Crippen LogP contribution in [0.25, 0.3) is 0 Å². The van der Waals surface area contributed by atoms with Gasteiger partial charge in [0.15, 0.2) is 0 Å². The van der Waals surface area contributed by atoms with Crippen LogP contribution in [0.2, 0.25) is 0 Å². The van der Waals surface area contributed by atoms with Crippen molar-refractivity contribution in [3.05, 3.63) is 65.5 Å². The lowest BCUT2D eigenvalue weighted by Gasteiger charge is -2.21. The fourth-order valence-corrected chi connectivity index (χ4v) is 3.49. The molecule has 7 heteroatoms. The number of amides is 1. The van der Waals surface area contributed by atoms with Crippen LogP contribution < -0.4 is 4.72 Å². The first-order chi connectivity index (χ1) is 11.8. The monoisotopic (exact) mass is 364 g/mol. The summed E-state index contributed by atoms with van der Waals surface area (Å²) in [5.74, 6) is -0.646. The molecule has 0 heterocycles. The van der Waals surface area contributed by atoms with Crippen LogP contribution in [0.3, 0.4) is 0 Å². The van der Waals surface area contributed by atoms with Gasteiger partial charge in [0.2, 0.25) is 15.9 Å². The molecule has 0 aliphatic carbocycles. The highest BCUT2D eigenvalue weighted by Crippen LogP contribution is 2.12. The molecule has 1 amide bonds. The number of halogens is 1. The van der Waals surface area contributed by atoms with Gasteiger partial charge in [0.1, 0.15) is 5.82 Å². The molecule has 0 bridgehead atoms. The SMILES string of the molecule is CC(=O)N(CCNS(=O)(=O)c1cccc(C)c1)Cc1ccccc1F. The fraction of sp³-hybridized carbons (Fsp3) is 0.278. The number of hydrogen-bond acceptors (Lipinski definition) is 3. The van der Waals surface area contributed by atoms with E-state index in [0.717, 1.165) is 5.56 Å². The Morgan fingerprint density at radius 2 is 1.88 bits per heavy atom. The summed E-state index contributed by atoms with van der Waals surface area (Å²) in [6, 6.07) is 12.8. The molecule has 0 aromatic heterocycles. The maximum absolute atomic E-state index is 13.7. The molecule has 5 nitrogen and oxygen atoms in total. The normalized spacial score (nSPS) is 11.3. The molecule has 1 N–H and O–H groups in total. The van der Waals surface area contributed by atoms with Crippen LogP contribution in [0.4, 0.5) is 4.39 Å². The Morgan fingerprint density at radius 3 is 2.52 bits per heavy atom. The van der Waals surface area contributed by atoms with Gasteiger partial charge in [-0.2, -0.15) is 0 Å². The Balaban J connectivity index is 2.00. The van der Waals surface area contributed by atoms with E-state index in [2.05, 4.69) is 4.72 Å². The first-order valence-electron chi connectivity index (χ1n) is 7.85. The summed E-state index contributed by atoms with van der Waals surface area (Å²) in [5.41, 5.74) is 1.23.